The molecule has 0 spiro atoms. The van der Waals surface area contributed by atoms with Crippen molar-refractivity contribution in [2.45, 2.75) is 81.1 Å². The summed E-state index contributed by atoms with van der Waals surface area (Å²) in [6.07, 6.45) is 7.12. The number of benzene rings is 1. The molecule has 242 valence electrons. The van der Waals surface area contributed by atoms with Crippen LogP contribution in [-0.4, -0.2) is 65.7 Å². The zero-order chi connectivity index (χ0) is 32.6. The molecule has 0 bridgehead atoms. The number of hydrogen-bond acceptors (Lipinski definition) is 7. The van der Waals surface area contributed by atoms with Gasteiger partial charge in [-0.25, -0.2) is 4.58 Å². The number of Topliss-reactive ketones (excluding diaryl/α,β-unsaturated/α-hetero) is 1. The predicted molar refractivity (Wildman–Crippen MR) is 175 cm³/mol. The highest BCUT2D eigenvalue weighted by molar-refractivity contribution is 6.40. The molecule has 2 aliphatic carbocycles. The minimum absolute atomic E-state index is 0.0962. The Labute approximate surface area is 263 Å². The number of phenolic OH excluding ortho intramolecular Hbond substituents is 1. The topological polar surface area (TPSA) is 105 Å². The van der Waals surface area contributed by atoms with Gasteiger partial charge < -0.3 is 29.7 Å². The predicted octanol–water partition coefficient (Wildman–Crippen LogP) is 6.29. The van der Waals surface area contributed by atoms with Gasteiger partial charge >= 0.3 is 0 Å². The number of carbonyl (C=O) groups is 1. The first kappa shape index (κ1) is 34.8. The maximum absolute atomic E-state index is 13.9. The number of rotatable bonds is 16. The van der Waals surface area contributed by atoms with Crippen LogP contribution in [0.25, 0.3) is 5.57 Å². The molecule has 2 N–H and O–H groups in total. The fourth-order valence-corrected chi connectivity index (χ4v) is 5.45. The van der Waals surface area contributed by atoms with Gasteiger partial charge in [0.15, 0.2) is 5.78 Å². The van der Waals surface area contributed by atoms with E-state index < -0.39 is 11.5 Å². The Morgan fingerprint density at radius 1 is 0.818 bits per heavy atom. The highest BCUT2D eigenvalue weighted by Crippen LogP contribution is 2.48. The first-order valence-electron chi connectivity index (χ1n) is 16.3. The number of ether oxygens (including phenoxy) is 2. The molecule has 0 atom stereocenters. The number of aliphatic hydroxyl groups is 1. The fraction of sp³-hybridized carbons (Fsp3) is 0.556. The van der Waals surface area contributed by atoms with Gasteiger partial charge in [0.2, 0.25) is 5.71 Å². The number of carbonyl (C=O) groups excluding carboxylic acids is 1. The summed E-state index contributed by atoms with van der Waals surface area (Å²) in [6, 6.07) is 3.42. The summed E-state index contributed by atoms with van der Waals surface area (Å²) in [4.78, 5) is 16.0. The largest absolute Gasteiger partial charge is 0.871 e. The van der Waals surface area contributed by atoms with Crippen LogP contribution >= 0.6 is 0 Å². The van der Waals surface area contributed by atoms with Crippen LogP contribution in [0.2, 0.25) is 0 Å². The molecule has 0 heterocycles. The number of aromatic hydroxyl groups is 1. The van der Waals surface area contributed by atoms with E-state index in [1.165, 1.54) is 0 Å². The lowest BCUT2D eigenvalue weighted by Crippen LogP contribution is -2.33. The Kier molecular flexibility index (Phi) is 12.6. The highest BCUT2D eigenvalue weighted by Gasteiger charge is 2.39. The molecule has 44 heavy (non-hydrogen) atoms. The van der Waals surface area contributed by atoms with E-state index in [0.29, 0.717) is 24.7 Å². The summed E-state index contributed by atoms with van der Waals surface area (Å²) in [7, 11) is 0. The molecule has 0 saturated heterocycles. The number of hydrogen-bond donors (Lipinski definition) is 2. The molecule has 8 heteroatoms. The number of phenols is 1. The van der Waals surface area contributed by atoms with Crippen LogP contribution < -0.4 is 14.7 Å². The zero-order valence-electron chi connectivity index (χ0n) is 28.0. The molecule has 0 saturated carbocycles. The van der Waals surface area contributed by atoms with E-state index in [-0.39, 0.29) is 45.6 Å². The number of ketones is 1. The van der Waals surface area contributed by atoms with E-state index in [1.54, 1.807) is 12.1 Å². The van der Waals surface area contributed by atoms with Crippen LogP contribution in [0.15, 0.2) is 52.7 Å². The number of nitrogens with zero attached hydrogens (tertiary/aromatic N) is 2. The van der Waals surface area contributed by atoms with Crippen molar-refractivity contribution in [3.05, 3.63) is 58.3 Å². The second-order valence-electron chi connectivity index (χ2n) is 12.5. The van der Waals surface area contributed by atoms with E-state index in [1.807, 2.05) is 39.8 Å². The first-order chi connectivity index (χ1) is 21.0. The average molecular weight is 609 g/mol. The Morgan fingerprint density at radius 3 is 1.93 bits per heavy atom. The average Bonchev–Trinajstić information content (AvgIpc) is 2.97. The monoisotopic (exact) mass is 608 g/mol. The van der Waals surface area contributed by atoms with Gasteiger partial charge in [-0.3, -0.25) is 4.79 Å². The van der Waals surface area contributed by atoms with Crippen LogP contribution in [0.4, 0.5) is 5.69 Å². The highest BCUT2D eigenvalue weighted by atomic mass is 16.5. The minimum atomic E-state index is -0.553. The van der Waals surface area contributed by atoms with E-state index in [9.17, 15) is 20.1 Å². The standard InChI is InChI=1S/C36H52N2O6/c1-9-13-37(14-10-2)25-17-27(39)31(29(19-25)43-21-23(5)6)33-35(41)34(36(33)42)32-28(40)18-26(38(15-11-3)16-12-4)20-30(32)44-22-24(7)8/h17-20,23-24H,9-16,21-22H2,1-8H3,(H2,39,40,41,42). The van der Waals surface area contributed by atoms with E-state index in [4.69, 9.17) is 9.47 Å². The molecule has 8 nitrogen and oxygen atoms in total. The summed E-state index contributed by atoms with van der Waals surface area (Å²) in [5, 5.41) is 36.4. The summed E-state index contributed by atoms with van der Waals surface area (Å²) >= 11 is 0. The lowest BCUT2D eigenvalue weighted by atomic mass is 9.78. The normalized spacial score (nSPS) is 16.8. The van der Waals surface area contributed by atoms with Crippen molar-refractivity contribution in [2.75, 3.05) is 44.3 Å². The SMILES string of the molecule is CCCN(CCC)c1cc(O)c(C2=C([O-])/C(=C3/C(O)=CC(=[N+](CCC)CCC)C=C3OCC(C)C)C2=O)c(OCC(C)C)c1. The summed E-state index contributed by atoms with van der Waals surface area (Å²) in [6.45, 7) is 20.3. The zero-order valence-corrected chi connectivity index (χ0v) is 28.0. The molecule has 1 aromatic rings. The van der Waals surface area contributed by atoms with Gasteiger partial charge in [-0.1, -0.05) is 61.1 Å². The molecule has 2 aliphatic rings. The lowest BCUT2D eigenvalue weighted by Gasteiger charge is -2.35. The van der Waals surface area contributed by atoms with Gasteiger partial charge in [0, 0.05) is 54.9 Å². The molecule has 0 fully saturated rings. The van der Waals surface area contributed by atoms with E-state index in [0.717, 1.165) is 63.3 Å². The summed E-state index contributed by atoms with van der Waals surface area (Å²) in [5.41, 5.74) is 1.46. The van der Waals surface area contributed by atoms with Crippen LogP contribution in [-0.2, 0) is 9.53 Å². The molecule has 0 aliphatic heterocycles. The van der Waals surface area contributed by atoms with Crippen molar-refractivity contribution in [2.24, 2.45) is 11.8 Å². The first-order valence-corrected chi connectivity index (χ1v) is 16.3. The second-order valence-corrected chi connectivity index (χ2v) is 12.5. The summed E-state index contributed by atoms with van der Waals surface area (Å²) < 4.78 is 14.4. The van der Waals surface area contributed by atoms with Crippen molar-refractivity contribution in [1.82, 2.24) is 0 Å². The van der Waals surface area contributed by atoms with Crippen molar-refractivity contribution < 1.29 is 34.2 Å². The third-order valence-electron chi connectivity index (χ3n) is 7.39. The molecule has 0 aromatic heterocycles. The van der Waals surface area contributed by atoms with Gasteiger partial charge in [0.05, 0.1) is 36.5 Å². The third-order valence-corrected chi connectivity index (χ3v) is 7.39. The molecule has 3 rings (SSSR count). The van der Waals surface area contributed by atoms with Crippen molar-refractivity contribution in [3.8, 4) is 11.5 Å². The maximum Gasteiger partial charge on any atom is 0.207 e. The summed E-state index contributed by atoms with van der Waals surface area (Å²) in [5.74, 6) is -0.496. The smallest absolute Gasteiger partial charge is 0.207 e. The Bertz CT molecular complexity index is 1350. The van der Waals surface area contributed by atoms with Crippen LogP contribution in [0.3, 0.4) is 0 Å². The van der Waals surface area contributed by atoms with Crippen LogP contribution in [0.5, 0.6) is 11.5 Å². The number of allylic oxidation sites excluding steroid dienone is 4. The molecular weight excluding hydrogens is 556 g/mol. The van der Waals surface area contributed by atoms with E-state index >= 15 is 0 Å². The van der Waals surface area contributed by atoms with E-state index in [2.05, 4.69) is 37.2 Å². The quantitative estimate of drug-likeness (QED) is 0.168. The molecule has 0 unspecified atom stereocenters. The van der Waals surface area contributed by atoms with Gasteiger partial charge in [-0.15, -0.1) is 0 Å². The second kappa shape index (κ2) is 15.9. The van der Waals surface area contributed by atoms with Crippen LogP contribution in [0, 0.1) is 11.8 Å². The van der Waals surface area contributed by atoms with Crippen LogP contribution in [0.1, 0.15) is 86.6 Å². The Balaban J connectivity index is 2.21. The maximum atomic E-state index is 13.9. The van der Waals surface area contributed by atoms with Gasteiger partial charge in [-0.05, 0) is 24.7 Å². The Morgan fingerprint density at radius 2 is 1.41 bits per heavy atom. The van der Waals surface area contributed by atoms with Crippen molar-refractivity contribution in [1.29, 1.82) is 0 Å². The van der Waals surface area contributed by atoms with Gasteiger partial charge in [0.1, 0.15) is 36.1 Å². The number of anilines is 1. The lowest BCUT2D eigenvalue weighted by molar-refractivity contribution is -0.526. The van der Waals surface area contributed by atoms with Crippen molar-refractivity contribution in [3.63, 3.8) is 0 Å². The molecule has 0 radical (unpaired) electrons. The molecular formula is C36H52N2O6. The Hall–Kier alpha value is -3.68. The molecule has 0 amide bonds. The number of aliphatic hydroxyl groups excluding tert-OH is 1. The third kappa shape index (κ3) is 7.88. The van der Waals surface area contributed by atoms with Crippen molar-refractivity contribution >= 4 is 22.8 Å². The van der Waals surface area contributed by atoms with Gasteiger partial charge in [-0.2, -0.15) is 0 Å². The molecule has 1 aromatic carbocycles. The minimum Gasteiger partial charge on any atom is -0.871 e. The fourth-order valence-electron chi connectivity index (χ4n) is 5.45. The van der Waals surface area contributed by atoms with Gasteiger partial charge in [0.25, 0.3) is 0 Å².